The van der Waals surface area contributed by atoms with E-state index < -0.39 is 74.3 Å². The molecule has 0 fully saturated rings. The summed E-state index contributed by atoms with van der Waals surface area (Å²) in [5.74, 6) is -6.20. The molecule has 6 aromatic rings. The minimum atomic E-state index is -5.25. The average molecular weight is 935 g/mol. The molecule has 0 radical (unpaired) electrons. The summed E-state index contributed by atoms with van der Waals surface area (Å²) in [6.07, 6.45) is -11.1. The Morgan fingerprint density at radius 2 is 0.862 bits per heavy atom. The van der Waals surface area contributed by atoms with Gasteiger partial charge in [-0.1, -0.05) is 0 Å². The van der Waals surface area contributed by atoms with Crippen LogP contribution in [0.2, 0.25) is 0 Å². The van der Waals surface area contributed by atoms with Gasteiger partial charge in [-0.05, 0) is 0 Å². The fourth-order valence-corrected chi connectivity index (χ4v) is 13.2. The molecule has 302 valence electrons. The van der Waals surface area contributed by atoms with E-state index in [1.165, 1.54) is 0 Å². The Bertz CT molecular complexity index is 2240. The summed E-state index contributed by atoms with van der Waals surface area (Å²) in [7, 11) is 0. The molecule has 0 aliphatic heterocycles. The second kappa shape index (κ2) is 18.4. The van der Waals surface area contributed by atoms with Gasteiger partial charge in [0.15, 0.2) is 0 Å². The Hall–Kier alpha value is -5.54. The van der Waals surface area contributed by atoms with E-state index in [9.17, 15) is 45.5 Å². The van der Waals surface area contributed by atoms with Gasteiger partial charge in [0.1, 0.15) is 0 Å². The van der Waals surface area contributed by atoms with Crippen molar-refractivity contribution >= 4 is 80.9 Å². The van der Waals surface area contributed by atoms with Crippen LogP contribution in [0.25, 0.3) is 21.8 Å². The number of para-hydroxylation sites is 2. The van der Waals surface area contributed by atoms with Gasteiger partial charge in [-0.3, -0.25) is 0 Å². The van der Waals surface area contributed by atoms with Crippen molar-refractivity contribution in [3.63, 3.8) is 0 Å². The zero-order valence-electron chi connectivity index (χ0n) is 30.1. The van der Waals surface area contributed by atoms with E-state index in [2.05, 4.69) is 20.6 Å². The molecule has 18 heteroatoms. The van der Waals surface area contributed by atoms with Crippen LogP contribution < -0.4 is 30.5 Å². The summed E-state index contributed by atoms with van der Waals surface area (Å²) in [5.41, 5.74) is 3.67. The molecule has 4 amide bonds. The molecule has 58 heavy (non-hydrogen) atoms. The number of carbonyl (C=O) groups is 4. The first-order chi connectivity index (χ1) is 27.7. The van der Waals surface area contributed by atoms with Crippen molar-refractivity contribution in [1.82, 2.24) is 31.2 Å². The van der Waals surface area contributed by atoms with Crippen LogP contribution in [0, 0.1) is 0 Å². The van der Waals surface area contributed by atoms with Gasteiger partial charge < -0.3 is 0 Å². The van der Waals surface area contributed by atoms with E-state index in [-0.39, 0.29) is 25.9 Å². The van der Waals surface area contributed by atoms with Gasteiger partial charge in [0.25, 0.3) is 0 Å². The molecule has 2 atom stereocenters. The summed E-state index contributed by atoms with van der Waals surface area (Å²) < 4.78 is 82.3. The Morgan fingerprint density at radius 1 is 0.517 bits per heavy atom. The Labute approximate surface area is 338 Å². The molecule has 0 saturated heterocycles. The number of H-pyrrole nitrogens is 2. The van der Waals surface area contributed by atoms with Crippen LogP contribution in [-0.2, 0) is 45.1 Å². The summed E-state index contributed by atoms with van der Waals surface area (Å²) in [4.78, 5) is 58.0. The number of aromatic nitrogens is 2. The van der Waals surface area contributed by atoms with E-state index in [0.717, 1.165) is 0 Å². The summed E-state index contributed by atoms with van der Waals surface area (Å²) >= 11 is -1.03. The first kappa shape index (κ1) is 42.1. The molecular formula is C40H34F6N6O4Se2. The molecule has 0 aliphatic carbocycles. The quantitative estimate of drug-likeness (QED) is 0.0689. The van der Waals surface area contributed by atoms with E-state index in [1.807, 2.05) is 10.6 Å². The zero-order valence-corrected chi connectivity index (χ0v) is 33.5. The van der Waals surface area contributed by atoms with Crippen molar-refractivity contribution in [1.29, 1.82) is 0 Å². The van der Waals surface area contributed by atoms with Crippen LogP contribution >= 0.6 is 0 Å². The first-order valence-corrected chi connectivity index (χ1v) is 23.6. The molecule has 0 unspecified atom stereocenters. The molecule has 10 nitrogen and oxygen atoms in total. The van der Waals surface area contributed by atoms with Crippen molar-refractivity contribution in [3.05, 3.63) is 131 Å². The van der Waals surface area contributed by atoms with Gasteiger partial charge in [0.2, 0.25) is 0 Å². The second-order valence-electron chi connectivity index (χ2n) is 13.0. The summed E-state index contributed by atoms with van der Waals surface area (Å²) in [6.45, 7) is 0.00736. The monoisotopic (exact) mass is 936 g/mol. The van der Waals surface area contributed by atoms with Gasteiger partial charge in [-0.25, -0.2) is 0 Å². The Balaban J connectivity index is 1.30. The molecule has 6 N–H and O–H groups in total. The molecule has 4 aromatic carbocycles. The van der Waals surface area contributed by atoms with E-state index in [4.69, 9.17) is 0 Å². The summed E-state index contributed by atoms with van der Waals surface area (Å²) in [6, 6.07) is 28.2. The van der Waals surface area contributed by atoms with Crippen molar-refractivity contribution in [2.45, 2.75) is 50.4 Å². The van der Waals surface area contributed by atoms with E-state index >= 15 is 0 Å². The number of benzene rings is 4. The van der Waals surface area contributed by atoms with Crippen molar-refractivity contribution in [3.8, 4) is 0 Å². The minimum absolute atomic E-state index is 0.00368. The number of fused-ring (bicyclic) bond motifs is 2. The molecule has 2 heterocycles. The predicted molar refractivity (Wildman–Crippen MR) is 207 cm³/mol. The van der Waals surface area contributed by atoms with Crippen LogP contribution in [0.1, 0.15) is 22.3 Å². The maximum absolute atomic E-state index is 13.5. The first-order valence-electron chi connectivity index (χ1n) is 17.6. The summed E-state index contributed by atoms with van der Waals surface area (Å²) in [5, 5.41) is 10.2. The number of nitrogens with one attached hydrogen (secondary N) is 6. The Morgan fingerprint density at radius 3 is 1.22 bits per heavy atom. The third-order valence-corrected chi connectivity index (χ3v) is 15.8. The normalized spacial score (nSPS) is 12.9. The molecule has 6 rings (SSSR count). The molecule has 2 aromatic heterocycles. The second-order valence-corrected chi connectivity index (χ2v) is 19.0. The SMILES string of the molecule is O=C(NCc1ccccc1)[C@H](Cc1c([Se][Se]c2[nH]c3ccccc3c2C[C@H](NC(=O)C(F)(F)F)C(=O)NCc2ccccc2)[nH]c2ccccc12)NC(=O)C(F)(F)F. The average Bonchev–Trinajstić information content (AvgIpc) is 3.74. The molecular weight excluding hydrogens is 900 g/mol. The topological polar surface area (TPSA) is 148 Å². The third-order valence-electron chi connectivity index (χ3n) is 8.95. The third kappa shape index (κ3) is 10.7. The fraction of sp³-hybridized carbons (Fsp3) is 0.200. The van der Waals surface area contributed by atoms with Crippen molar-refractivity contribution in [2.75, 3.05) is 0 Å². The van der Waals surface area contributed by atoms with E-state index in [1.54, 1.807) is 109 Å². The van der Waals surface area contributed by atoms with Crippen LogP contribution in [0.5, 0.6) is 0 Å². The standard InChI is InChI=1S/C40H34F6N6O4Se2/c41-39(42,43)37(55)51-31(33(53)47-21-23-11-3-1-4-12-23)19-27-25-15-7-9-17-29(25)49-35(27)57-58-36-28(26-16-8-10-18-30(26)50-36)20-32(52-38(56)40(44,45)46)34(54)48-22-24-13-5-2-6-14-24/h1-18,31-32,49-50H,19-22H2,(H,47,53)(H,48,54)(H,51,55)(H,52,56)/t31-,32-/m0/s1. The van der Waals surface area contributed by atoms with Gasteiger partial charge in [-0.15, -0.1) is 0 Å². The molecule has 0 spiro atoms. The van der Waals surface area contributed by atoms with Gasteiger partial charge in [-0.2, -0.15) is 0 Å². The number of halogens is 6. The van der Waals surface area contributed by atoms with Crippen molar-refractivity contribution < 1.29 is 45.5 Å². The van der Waals surface area contributed by atoms with Crippen LogP contribution in [0.3, 0.4) is 0 Å². The van der Waals surface area contributed by atoms with Gasteiger partial charge in [0.05, 0.1) is 0 Å². The van der Waals surface area contributed by atoms with Gasteiger partial charge in [0, 0.05) is 0 Å². The Kier molecular flexibility index (Phi) is 13.3. The zero-order chi connectivity index (χ0) is 41.5. The predicted octanol–water partition coefficient (Wildman–Crippen LogP) is 3.74. The molecule has 0 saturated carbocycles. The fourth-order valence-electron chi connectivity index (χ4n) is 6.11. The van der Waals surface area contributed by atoms with E-state index in [0.29, 0.717) is 53.2 Å². The van der Waals surface area contributed by atoms with Crippen molar-refractivity contribution in [2.24, 2.45) is 0 Å². The van der Waals surface area contributed by atoms with Crippen LogP contribution in [0.15, 0.2) is 109 Å². The number of hydrogen-bond donors (Lipinski definition) is 6. The molecule has 0 aliphatic rings. The number of rotatable bonds is 15. The molecule has 0 bridgehead atoms. The maximum atomic E-state index is 13.5. The van der Waals surface area contributed by atoms with Crippen LogP contribution in [0.4, 0.5) is 26.3 Å². The van der Waals surface area contributed by atoms with Crippen LogP contribution in [-0.4, -0.2) is 84.3 Å². The number of alkyl halides is 6. The number of aromatic amines is 2. The number of hydrogen-bond acceptors (Lipinski definition) is 4. The number of amides is 4. The number of carbonyl (C=O) groups excluding carboxylic acids is 4. The van der Waals surface area contributed by atoms with Gasteiger partial charge >= 0.3 is 339 Å².